The van der Waals surface area contributed by atoms with Crippen molar-refractivity contribution >= 4 is 44.8 Å². The van der Waals surface area contributed by atoms with Gasteiger partial charge in [0.15, 0.2) is 0 Å². The van der Waals surface area contributed by atoms with Crippen LogP contribution in [0.15, 0.2) is 41.3 Å². The second kappa shape index (κ2) is 8.89. The number of halogens is 2. The van der Waals surface area contributed by atoms with Crippen molar-refractivity contribution < 1.29 is 17.9 Å². The van der Waals surface area contributed by atoms with Crippen LogP contribution < -0.4 is 10.1 Å². The minimum Gasteiger partial charge on any atom is -0.496 e. The maximum absolute atomic E-state index is 13.0. The molecule has 1 aliphatic rings. The number of anilines is 1. The molecule has 0 unspecified atom stereocenters. The minimum atomic E-state index is -3.72. The number of likely N-dealkylation sites (N-methyl/N-ethyl adjacent to an activating group) is 1. The summed E-state index contributed by atoms with van der Waals surface area (Å²) in [4.78, 5) is 14.9. The maximum Gasteiger partial charge on any atom is 0.259 e. The summed E-state index contributed by atoms with van der Waals surface area (Å²) in [5.74, 6) is -0.274. The molecule has 1 amide bonds. The third-order valence-corrected chi connectivity index (χ3v) is 6.97. The quantitative estimate of drug-likeness (QED) is 0.745. The number of carbonyl (C=O) groups is 1. The second-order valence-corrected chi connectivity index (χ2v) is 9.49. The SMILES string of the molecule is COc1ccc(S(=O)(=O)N2CCN(C)CC2)cc1C(=O)Nc1cc(Cl)cc(Cl)c1. The van der Waals surface area contributed by atoms with Gasteiger partial charge in [-0.05, 0) is 43.4 Å². The van der Waals surface area contributed by atoms with Gasteiger partial charge in [0, 0.05) is 41.9 Å². The first kappa shape index (κ1) is 21.9. The van der Waals surface area contributed by atoms with E-state index >= 15 is 0 Å². The molecule has 0 spiro atoms. The Morgan fingerprint density at radius 2 is 1.66 bits per heavy atom. The molecule has 0 aromatic heterocycles. The summed E-state index contributed by atoms with van der Waals surface area (Å²) in [7, 11) is -0.364. The van der Waals surface area contributed by atoms with Gasteiger partial charge in [-0.15, -0.1) is 0 Å². The van der Waals surface area contributed by atoms with Crippen LogP contribution in [-0.4, -0.2) is 63.9 Å². The monoisotopic (exact) mass is 457 g/mol. The van der Waals surface area contributed by atoms with E-state index in [-0.39, 0.29) is 16.2 Å². The lowest BCUT2D eigenvalue weighted by molar-refractivity contribution is 0.102. The molecular weight excluding hydrogens is 437 g/mol. The first-order valence-corrected chi connectivity index (χ1v) is 11.0. The van der Waals surface area contributed by atoms with E-state index in [2.05, 4.69) is 10.2 Å². The van der Waals surface area contributed by atoms with E-state index in [4.69, 9.17) is 27.9 Å². The zero-order valence-electron chi connectivity index (χ0n) is 16.0. The number of sulfonamides is 1. The van der Waals surface area contributed by atoms with Gasteiger partial charge in [0.2, 0.25) is 10.0 Å². The second-order valence-electron chi connectivity index (χ2n) is 6.68. The number of ether oxygens (including phenoxy) is 1. The van der Waals surface area contributed by atoms with Gasteiger partial charge in [-0.3, -0.25) is 4.79 Å². The van der Waals surface area contributed by atoms with Gasteiger partial charge in [0.1, 0.15) is 5.75 Å². The summed E-state index contributed by atoms with van der Waals surface area (Å²) in [5.41, 5.74) is 0.487. The predicted molar refractivity (Wildman–Crippen MR) is 114 cm³/mol. The fraction of sp³-hybridized carbons (Fsp3) is 0.316. The normalized spacial score (nSPS) is 15.9. The predicted octanol–water partition coefficient (Wildman–Crippen LogP) is 3.19. The Labute approximate surface area is 180 Å². The van der Waals surface area contributed by atoms with Crippen LogP contribution in [0, 0.1) is 0 Å². The summed E-state index contributed by atoms with van der Waals surface area (Å²) in [6.45, 7) is 2.09. The van der Waals surface area contributed by atoms with E-state index in [1.54, 1.807) is 18.2 Å². The van der Waals surface area contributed by atoms with Crippen LogP contribution in [-0.2, 0) is 10.0 Å². The van der Waals surface area contributed by atoms with Crippen molar-refractivity contribution in [1.29, 1.82) is 0 Å². The smallest absolute Gasteiger partial charge is 0.259 e. The van der Waals surface area contributed by atoms with E-state index in [9.17, 15) is 13.2 Å². The van der Waals surface area contributed by atoms with Crippen LogP contribution >= 0.6 is 23.2 Å². The Bertz CT molecular complexity index is 1000. The zero-order chi connectivity index (χ0) is 21.2. The number of rotatable bonds is 5. The first-order valence-electron chi connectivity index (χ1n) is 8.85. The number of benzene rings is 2. The standard InChI is InChI=1S/C19H21Cl2N3O4S/c1-23-5-7-24(8-6-23)29(26,27)16-3-4-18(28-2)17(12-16)19(25)22-15-10-13(20)9-14(21)11-15/h3-4,9-12H,5-8H2,1-2H3,(H,22,25). The molecule has 0 saturated carbocycles. The summed E-state index contributed by atoms with van der Waals surface area (Å²) in [5, 5.41) is 3.41. The molecule has 1 N–H and O–H groups in total. The van der Waals surface area contributed by atoms with Gasteiger partial charge < -0.3 is 15.0 Å². The highest BCUT2D eigenvalue weighted by Gasteiger charge is 2.29. The molecule has 1 heterocycles. The average Bonchev–Trinajstić information content (AvgIpc) is 2.67. The third kappa shape index (κ3) is 5.02. The number of methoxy groups -OCH3 is 1. The van der Waals surface area contributed by atoms with Crippen molar-refractivity contribution in [3.8, 4) is 5.75 Å². The fourth-order valence-corrected chi connectivity index (χ4v) is 5.00. The Morgan fingerprint density at radius 1 is 1.03 bits per heavy atom. The molecule has 1 aliphatic heterocycles. The Balaban J connectivity index is 1.91. The molecule has 7 nitrogen and oxygen atoms in total. The van der Waals surface area contributed by atoms with Crippen LogP contribution in [0.5, 0.6) is 5.75 Å². The molecule has 1 saturated heterocycles. The van der Waals surface area contributed by atoms with E-state index in [0.717, 1.165) is 0 Å². The molecule has 1 fully saturated rings. The van der Waals surface area contributed by atoms with Crippen molar-refractivity contribution in [3.05, 3.63) is 52.0 Å². The zero-order valence-corrected chi connectivity index (χ0v) is 18.3. The topological polar surface area (TPSA) is 79.0 Å². The maximum atomic E-state index is 13.0. The van der Waals surface area contributed by atoms with Gasteiger partial charge >= 0.3 is 0 Å². The molecule has 3 rings (SSSR count). The Morgan fingerprint density at radius 3 is 2.24 bits per heavy atom. The molecule has 0 radical (unpaired) electrons. The van der Waals surface area contributed by atoms with Gasteiger partial charge in [-0.25, -0.2) is 8.42 Å². The van der Waals surface area contributed by atoms with Gasteiger partial charge in [-0.2, -0.15) is 4.31 Å². The van der Waals surface area contributed by atoms with Crippen molar-refractivity contribution in [2.45, 2.75) is 4.90 Å². The number of nitrogens with one attached hydrogen (secondary N) is 1. The summed E-state index contributed by atoms with van der Waals surface area (Å²) < 4.78 is 32.7. The molecule has 0 aliphatic carbocycles. The largest absolute Gasteiger partial charge is 0.496 e. The van der Waals surface area contributed by atoms with Gasteiger partial charge in [-0.1, -0.05) is 23.2 Å². The van der Waals surface area contributed by atoms with Crippen LogP contribution in [0.1, 0.15) is 10.4 Å². The molecule has 2 aromatic rings. The van der Waals surface area contributed by atoms with Crippen molar-refractivity contribution in [3.63, 3.8) is 0 Å². The lowest BCUT2D eigenvalue weighted by Gasteiger charge is -2.31. The number of hydrogen-bond donors (Lipinski definition) is 1. The van der Waals surface area contributed by atoms with Crippen molar-refractivity contribution in [1.82, 2.24) is 9.21 Å². The van der Waals surface area contributed by atoms with Crippen LogP contribution in [0.25, 0.3) is 0 Å². The average molecular weight is 458 g/mol. The van der Waals surface area contributed by atoms with Gasteiger partial charge in [0.25, 0.3) is 5.91 Å². The molecule has 0 bridgehead atoms. The number of carbonyl (C=O) groups excluding carboxylic acids is 1. The minimum absolute atomic E-state index is 0.0390. The van der Waals surface area contributed by atoms with E-state index in [1.807, 2.05) is 7.05 Å². The van der Waals surface area contributed by atoms with Crippen LogP contribution in [0.4, 0.5) is 5.69 Å². The summed E-state index contributed by atoms with van der Waals surface area (Å²) in [6.07, 6.45) is 0. The summed E-state index contributed by atoms with van der Waals surface area (Å²) in [6, 6.07) is 8.88. The van der Waals surface area contributed by atoms with Crippen LogP contribution in [0.3, 0.4) is 0 Å². The van der Waals surface area contributed by atoms with Crippen molar-refractivity contribution in [2.75, 3.05) is 45.7 Å². The molecule has 2 aromatic carbocycles. The molecule has 0 atom stereocenters. The highest BCUT2D eigenvalue weighted by molar-refractivity contribution is 7.89. The lowest BCUT2D eigenvalue weighted by atomic mass is 10.2. The lowest BCUT2D eigenvalue weighted by Crippen LogP contribution is -2.47. The molecule has 156 valence electrons. The van der Waals surface area contributed by atoms with E-state index < -0.39 is 15.9 Å². The van der Waals surface area contributed by atoms with Gasteiger partial charge in [0.05, 0.1) is 17.6 Å². The first-order chi connectivity index (χ1) is 13.7. The fourth-order valence-electron chi connectivity index (χ4n) is 3.03. The highest BCUT2D eigenvalue weighted by Crippen LogP contribution is 2.27. The number of nitrogens with zero attached hydrogens (tertiary/aromatic N) is 2. The Hall–Kier alpha value is -1.84. The molecule has 10 heteroatoms. The number of piperazine rings is 1. The summed E-state index contributed by atoms with van der Waals surface area (Å²) >= 11 is 11.9. The van der Waals surface area contributed by atoms with Crippen molar-refractivity contribution in [2.24, 2.45) is 0 Å². The number of hydrogen-bond acceptors (Lipinski definition) is 5. The van der Waals surface area contributed by atoms with E-state index in [1.165, 1.54) is 29.6 Å². The molecular formula is C19H21Cl2N3O4S. The highest BCUT2D eigenvalue weighted by atomic mass is 35.5. The molecule has 29 heavy (non-hydrogen) atoms. The van der Waals surface area contributed by atoms with E-state index in [0.29, 0.717) is 41.9 Å². The third-order valence-electron chi connectivity index (χ3n) is 4.64. The van der Waals surface area contributed by atoms with Crippen LogP contribution in [0.2, 0.25) is 10.0 Å². The Kier molecular flexibility index (Phi) is 6.70. The number of amides is 1.